The molecule has 1 N–H and O–H groups in total. The van der Waals surface area contributed by atoms with Crippen molar-refractivity contribution in [1.82, 2.24) is 4.57 Å². The topological polar surface area (TPSA) is 59.3 Å². The number of rotatable bonds is 3. The first-order chi connectivity index (χ1) is 7.00. The summed E-state index contributed by atoms with van der Waals surface area (Å²) in [7, 11) is 0. The number of aliphatic carboxylic acids is 1. The van der Waals surface area contributed by atoms with Crippen LogP contribution in [0.25, 0.3) is 0 Å². The van der Waals surface area contributed by atoms with E-state index in [2.05, 4.69) is 31.9 Å². The fourth-order valence-corrected chi connectivity index (χ4v) is 2.23. The zero-order valence-corrected chi connectivity index (χ0v) is 10.7. The van der Waals surface area contributed by atoms with Crippen molar-refractivity contribution in [3.8, 4) is 0 Å². The van der Waals surface area contributed by atoms with Gasteiger partial charge < -0.3 is 9.67 Å². The maximum Gasteiger partial charge on any atom is 0.328 e. The van der Waals surface area contributed by atoms with E-state index < -0.39 is 5.97 Å². The van der Waals surface area contributed by atoms with Crippen LogP contribution in [-0.2, 0) is 11.3 Å². The molecule has 0 bridgehead atoms. The van der Waals surface area contributed by atoms with Crippen molar-refractivity contribution in [2.75, 3.05) is 0 Å². The third-order valence-electron chi connectivity index (χ3n) is 1.57. The van der Waals surface area contributed by atoms with Gasteiger partial charge in [0.1, 0.15) is 0 Å². The number of nitrogens with zero attached hydrogens (tertiary/aromatic N) is 1. The Kier molecular flexibility index (Phi) is 4.28. The fraction of sp³-hybridized carbons (Fsp3) is 0.111. The van der Waals surface area contributed by atoms with Gasteiger partial charge in [-0.1, -0.05) is 6.08 Å². The van der Waals surface area contributed by atoms with Crippen LogP contribution in [0, 0.1) is 0 Å². The summed E-state index contributed by atoms with van der Waals surface area (Å²) >= 11 is 6.35. The van der Waals surface area contributed by atoms with Crippen LogP contribution in [0.2, 0.25) is 0 Å². The molecule has 4 nitrogen and oxygen atoms in total. The van der Waals surface area contributed by atoms with Crippen molar-refractivity contribution in [3.05, 3.63) is 43.7 Å². The molecule has 0 aliphatic heterocycles. The molecule has 0 aliphatic rings. The van der Waals surface area contributed by atoms with Crippen LogP contribution >= 0.6 is 31.9 Å². The standard InChI is InChI=1S/C9H7Br2NO3/c10-6-4-7(11)9(15)12(5-6)3-1-2-8(13)14/h1-2,4-5H,3H2,(H,13,14)/b2-1+. The van der Waals surface area contributed by atoms with Gasteiger partial charge in [0.25, 0.3) is 5.56 Å². The summed E-state index contributed by atoms with van der Waals surface area (Å²) in [5, 5.41) is 8.38. The summed E-state index contributed by atoms with van der Waals surface area (Å²) in [6.45, 7) is 0.225. The number of aromatic nitrogens is 1. The van der Waals surface area contributed by atoms with E-state index in [0.29, 0.717) is 4.47 Å². The molecule has 1 rings (SSSR count). The molecule has 1 heterocycles. The lowest BCUT2D eigenvalue weighted by molar-refractivity contribution is -0.131. The van der Waals surface area contributed by atoms with Gasteiger partial charge in [-0.2, -0.15) is 0 Å². The molecule has 0 spiro atoms. The zero-order valence-electron chi connectivity index (χ0n) is 7.48. The van der Waals surface area contributed by atoms with Gasteiger partial charge in [0.05, 0.1) is 4.47 Å². The average molecular weight is 337 g/mol. The molecule has 15 heavy (non-hydrogen) atoms. The maximum atomic E-state index is 11.5. The molecule has 0 fully saturated rings. The number of halogens is 2. The van der Waals surface area contributed by atoms with E-state index in [4.69, 9.17) is 5.11 Å². The second-order valence-corrected chi connectivity index (χ2v) is 4.47. The monoisotopic (exact) mass is 335 g/mol. The van der Waals surface area contributed by atoms with E-state index in [0.717, 1.165) is 10.5 Å². The molecule has 6 heteroatoms. The summed E-state index contributed by atoms with van der Waals surface area (Å²) < 4.78 is 2.58. The largest absolute Gasteiger partial charge is 0.478 e. The molecule has 0 aromatic carbocycles. The number of carboxylic acids is 1. The minimum absolute atomic E-state index is 0.201. The highest BCUT2D eigenvalue weighted by Crippen LogP contribution is 2.12. The molecular formula is C9H7Br2NO3. The van der Waals surface area contributed by atoms with Gasteiger partial charge in [-0.25, -0.2) is 4.79 Å². The molecular weight excluding hydrogens is 330 g/mol. The first-order valence-corrected chi connectivity index (χ1v) is 5.54. The SMILES string of the molecule is O=C(O)/C=C/Cn1cc(Br)cc(Br)c1=O. The van der Waals surface area contributed by atoms with Gasteiger partial charge in [0.2, 0.25) is 0 Å². The number of pyridine rings is 1. The normalized spacial score (nSPS) is 10.8. The lowest BCUT2D eigenvalue weighted by Crippen LogP contribution is -2.19. The summed E-state index contributed by atoms with van der Waals surface area (Å²) in [4.78, 5) is 21.7. The predicted octanol–water partition coefficient (Wildman–Crippen LogP) is 2.01. The smallest absolute Gasteiger partial charge is 0.328 e. The number of hydrogen-bond donors (Lipinski definition) is 1. The number of carboxylic acid groups (broad SMARTS) is 1. The highest BCUT2D eigenvalue weighted by atomic mass is 79.9. The Morgan fingerprint density at radius 3 is 2.80 bits per heavy atom. The third kappa shape index (κ3) is 3.64. The molecule has 0 saturated heterocycles. The van der Waals surface area contributed by atoms with Crippen molar-refractivity contribution >= 4 is 37.8 Å². The molecule has 0 aliphatic carbocycles. The number of hydrogen-bond acceptors (Lipinski definition) is 2. The van der Waals surface area contributed by atoms with E-state index in [-0.39, 0.29) is 12.1 Å². The predicted molar refractivity (Wildman–Crippen MR) is 62.9 cm³/mol. The van der Waals surface area contributed by atoms with Gasteiger partial charge in [0.15, 0.2) is 0 Å². The second-order valence-electron chi connectivity index (χ2n) is 2.70. The van der Waals surface area contributed by atoms with Crippen molar-refractivity contribution < 1.29 is 9.90 Å². The van der Waals surface area contributed by atoms with E-state index in [9.17, 15) is 9.59 Å². The average Bonchev–Trinajstić information content (AvgIpc) is 2.12. The lowest BCUT2D eigenvalue weighted by Gasteiger charge is -2.03. The van der Waals surface area contributed by atoms with Gasteiger partial charge in [-0.05, 0) is 37.9 Å². The molecule has 0 radical (unpaired) electrons. The molecule has 0 amide bonds. The Bertz CT molecular complexity index is 465. The van der Waals surface area contributed by atoms with Crippen molar-refractivity contribution in [2.24, 2.45) is 0 Å². The Morgan fingerprint density at radius 1 is 1.53 bits per heavy atom. The molecule has 1 aromatic rings. The lowest BCUT2D eigenvalue weighted by atomic mass is 10.4. The summed E-state index contributed by atoms with van der Waals surface area (Å²) in [5.41, 5.74) is -0.201. The Labute approximate surface area is 102 Å². The second kappa shape index (κ2) is 5.27. The summed E-state index contributed by atoms with van der Waals surface area (Å²) in [5.74, 6) is -1.03. The minimum atomic E-state index is -1.03. The van der Waals surface area contributed by atoms with Crippen LogP contribution in [0.1, 0.15) is 0 Å². The van der Waals surface area contributed by atoms with Crippen molar-refractivity contribution in [3.63, 3.8) is 0 Å². The van der Waals surface area contributed by atoms with Crippen LogP contribution in [0.3, 0.4) is 0 Å². The van der Waals surface area contributed by atoms with E-state index in [1.54, 1.807) is 12.3 Å². The molecule has 0 saturated carbocycles. The van der Waals surface area contributed by atoms with Crippen LogP contribution in [0.4, 0.5) is 0 Å². The third-order valence-corrected chi connectivity index (χ3v) is 2.57. The van der Waals surface area contributed by atoms with Crippen molar-refractivity contribution in [1.29, 1.82) is 0 Å². The fourth-order valence-electron chi connectivity index (χ4n) is 0.967. The molecule has 0 unspecified atom stereocenters. The van der Waals surface area contributed by atoms with E-state index in [1.165, 1.54) is 10.6 Å². The van der Waals surface area contributed by atoms with E-state index in [1.807, 2.05) is 0 Å². The minimum Gasteiger partial charge on any atom is -0.478 e. The quantitative estimate of drug-likeness (QED) is 0.859. The first kappa shape index (κ1) is 12.2. The maximum absolute atomic E-state index is 11.5. The first-order valence-electron chi connectivity index (χ1n) is 3.95. The van der Waals surface area contributed by atoms with Crippen molar-refractivity contribution in [2.45, 2.75) is 6.54 Å². The van der Waals surface area contributed by atoms with Gasteiger partial charge in [0, 0.05) is 23.3 Å². The van der Waals surface area contributed by atoms with Crippen LogP contribution < -0.4 is 5.56 Å². The Hall–Kier alpha value is -0.880. The molecule has 80 valence electrons. The zero-order chi connectivity index (χ0) is 11.4. The highest BCUT2D eigenvalue weighted by Gasteiger charge is 2.01. The van der Waals surface area contributed by atoms with Gasteiger partial charge >= 0.3 is 5.97 Å². The Balaban J connectivity index is 2.95. The molecule has 0 atom stereocenters. The summed E-state index contributed by atoms with van der Waals surface area (Å²) in [6, 6.07) is 1.64. The van der Waals surface area contributed by atoms with Crippen LogP contribution in [0.15, 0.2) is 38.2 Å². The Morgan fingerprint density at radius 2 is 2.20 bits per heavy atom. The number of allylic oxidation sites excluding steroid dienone is 1. The number of carbonyl (C=O) groups is 1. The molecule has 1 aromatic heterocycles. The summed E-state index contributed by atoms with van der Waals surface area (Å²) in [6.07, 6.45) is 4.00. The van der Waals surface area contributed by atoms with E-state index >= 15 is 0 Å². The van der Waals surface area contributed by atoms with Gasteiger partial charge in [-0.15, -0.1) is 0 Å². The van der Waals surface area contributed by atoms with Crippen LogP contribution in [-0.4, -0.2) is 15.6 Å². The highest BCUT2D eigenvalue weighted by molar-refractivity contribution is 9.11. The van der Waals surface area contributed by atoms with Crippen LogP contribution in [0.5, 0.6) is 0 Å². The van der Waals surface area contributed by atoms with Gasteiger partial charge in [-0.3, -0.25) is 4.79 Å².